The fourth-order valence-electron chi connectivity index (χ4n) is 2.46. The molecule has 11 heavy (non-hydrogen) atoms. The van der Waals surface area contributed by atoms with Crippen molar-refractivity contribution in [1.82, 2.24) is 0 Å². The molecule has 0 N–H and O–H groups in total. The van der Waals surface area contributed by atoms with Crippen molar-refractivity contribution in [2.75, 3.05) is 6.61 Å². The summed E-state index contributed by atoms with van der Waals surface area (Å²) in [4.78, 5) is 11.3. The van der Waals surface area contributed by atoms with Gasteiger partial charge in [0, 0.05) is 0 Å². The molecule has 1 saturated heterocycles. The van der Waals surface area contributed by atoms with Gasteiger partial charge >= 0.3 is 5.97 Å². The van der Waals surface area contributed by atoms with E-state index in [9.17, 15) is 4.79 Å². The van der Waals surface area contributed by atoms with Crippen molar-refractivity contribution in [2.24, 2.45) is 17.8 Å². The maximum absolute atomic E-state index is 11.3. The maximum Gasteiger partial charge on any atom is 0.309 e. The van der Waals surface area contributed by atoms with Gasteiger partial charge in [-0.05, 0) is 31.1 Å². The van der Waals surface area contributed by atoms with Crippen molar-refractivity contribution in [3.63, 3.8) is 0 Å². The van der Waals surface area contributed by atoms with E-state index < -0.39 is 0 Å². The summed E-state index contributed by atoms with van der Waals surface area (Å²) in [5, 5.41) is 0. The summed E-state index contributed by atoms with van der Waals surface area (Å²) in [7, 11) is 0. The molecule has 0 amide bonds. The van der Waals surface area contributed by atoms with Crippen LogP contribution in [0, 0.1) is 17.8 Å². The molecule has 2 aliphatic rings. The number of cyclic esters (lactones) is 1. The summed E-state index contributed by atoms with van der Waals surface area (Å²) in [6.07, 6.45) is 3.55. The molecule has 0 unspecified atom stereocenters. The molecule has 1 aliphatic heterocycles. The van der Waals surface area contributed by atoms with Crippen LogP contribution >= 0.6 is 0 Å². The van der Waals surface area contributed by atoms with Crippen molar-refractivity contribution in [1.29, 1.82) is 0 Å². The van der Waals surface area contributed by atoms with Crippen LogP contribution in [0.15, 0.2) is 0 Å². The van der Waals surface area contributed by atoms with Crippen molar-refractivity contribution in [3.8, 4) is 0 Å². The van der Waals surface area contributed by atoms with E-state index in [1.165, 1.54) is 12.8 Å². The zero-order valence-corrected chi connectivity index (χ0v) is 6.88. The lowest BCUT2D eigenvalue weighted by Crippen LogP contribution is -2.31. The second kappa shape index (κ2) is 2.50. The fraction of sp³-hybridized carbons (Fsp3) is 0.889. The van der Waals surface area contributed by atoms with Crippen molar-refractivity contribution in [3.05, 3.63) is 0 Å². The quantitative estimate of drug-likeness (QED) is 0.495. The predicted molar refractivity (Wildman–Crippen MR) is 41.0 cm³/mol. The normalized spacial score (nSPS) is 43.4. The molecule has 2 heteroatoms. The molecule has 0 aromatic rings. The average Bonchev–Trinajstić information content (AvgIpc) is 2.34. The summed E-state index contributed by atoms with van der Waals surface area (Å²) >= 11 is 0. The second-order valence-electron chi connectivity index (χ2n) is 3.80. The summed E-state index contributed by atoms with van der Waals surface area (Å²) < 4.78 is 5.02. The summed E-state index contributed by atoms with van der Waals surface area (Å²) in [6, 6.07) is 0. The molecular weight excluding hydrogens is 140 g/mol. The third-order valence-electron chi connectivity index (χ3n) is 3.12. The Balaban J connectivity index is 2.14. The van der Waals surface area contributed by atoms with Gasteiger partial charge < -0.3 is 4.74 Å². The van der Waals surface area contributed by atoms with E-state index in [2.05, 4.69) is 6.92 Å². The van der Waals surface area contributed by atoms with E-state index >= 15 is 0 Å². The van der Waals surface area contributed by atoms with E-state index in [0.29, 0.717) is 18.4 Å². The monoisotopic (exact) mass is 154 g/mol. The third kappa shape index (κ3) is 1.05. The van der Waals surface area contributed by atoms with Gasteiger partial charge in [-0.25, -0.2) is 0 Å². The van der Waals surface area contributed by atoms with Crippen LogP contribution < -0.4 is 0 Å². The van der Waals surface area contributed by atoms with Crippen LogP contribution in [-0.4, -0.2) is 12.6 Å². The molecule has 1 aliphatic carbocycles. The molecule has 0 aromatic carbocycles. The molecule has 1 saturated carbocycles. The molecule has 0 spiro atoms. The minimum Gasteiger partial charge on any atom is -0.465 e. The zero-order chi connectivity index (χ0) is 7.84. The number of esters is 1. The third-order valence-corrected chi connectivity index (χ3v) is 3.12. The summed E-state index contributed by atoms with van der Waals surface area (Å²) in [5.74, 6) is 1.51. The van der Waals surface area contributed by atoms with E-state index in [1.54, 1.807) is 0 Å². The molecule has 2 fully saturated rings. The predicted octanol–water partition coefficient (Wildman–Crippen LogP) is 1.60. The van der Waals surface area contributed by atoms with Crippen molar-refractivity contribution >= 4 is 5.97 Å². The maximum atomic E-state index is 11.3. The van der Waals surface area contributed by atoms with Gasteiger partial charge in [0.2, 0.25) is 0 Å². The van der Waals surface area contributed by atoms with Gasteiger partial charge in [0.1, 0.15) is 0 Å². The largest absolute Gasteiger partial charge is 0.465 e. The Morgan fingerprint density at radius 2 is 2.18 bits per heavy atom. The topological polar surface area (TPSA) is 26.3 Å². The van der Waals surface area contributed by atoms with Crippen molar-refractivity contribution in [2.45, 2.75) is 26.2 Å². The Kier molecular flexibility index (Phi) is 1.63. The number of rotatable bonds is 0. The van der Waals surface area contributed by atoms with Gasteiger partial charge in [-0.2, -0.15) is 0 Å². The highest BCUT2D eigenvalue weighted by atomic mass is 16.5. The highest BCUT2D eigenvalue weighted by Gasteiger charge is 2.41. The minimum atomic E-state index is 0.0613. The van der Waals surface area contributed by atoms with E-state index in [1.807, 2.05) is 0 Å². The highest BCUT2D eigenvalue weighted by molar-refractivity contribution is 5.74. The molecule has 2 nitrogen and oxygen atoms in total. The lowest BCUT2D eigenvalue weighted by Gasteiger charge is -2.26. The number of hydrogen-bond acceptors (Lipinski definition) is 2. The smallest absolute Gasteiger partial charge is 0.309 e. The average molecular weight is 154 g/mol. The highest BCUT2D eigenvalue weighted by Crippen LogP contribution is 2.41. The Morgan fingerprint density at radius 1 is 1.36 bits per heavy atom. The second-order valence-corrected chi connectivity index (χ2v) is 3.80. The Morgan fingerprint density at radius 3 is 2.91 bits per heavy atom. The molecule has 3 atom stereocenters. The first kappa shape index (κ1) is 7.14. The van der Waals surface area contributed by atoms with E-state index in [0.717, 1.165) is 6.42 Å². The Hall–Kier alpha value is -0.530. The molecule has 2 rings (SSSR count). The molecular formula is C9H14O2. The summed E-state index contributed by atoms with van der Waals surface area (Å²) in [5.41, 5.74) is 0. The van der Waals surface area contributed by atoms with Crippen LogP contribution in [0.25, 0.3) is 0 Å². The fourth-order valence-corrected chi connectivity index (χ4v) is 2.46. The van der Waals surface area contributed by atoms with E-state index in [4.69, 9.17) is 4.74 Å². The number of carbonyl (C=O) groups excluding carboxylic acids is 1. The molecule has 0 radical (unpaired) electrons. The van der Waals surface area contributed by atoms with Gasteiger partial charge in [-0.15, -0.1) is 0 Å². The Labute approximate surface area is 66.9 Å². The van der Waals surface area contributed by atoms with Gasteiger partial charge in [0.15, 0.2) is 0 Å². The number of fused-ring (bicyclic) bond motifs is 1. The van der Waals surface area contributed by atoms with Gasteiger partial charge in [0.25, 0.3) is 0 Å². The van der Waals surface area contributed by atoms with Gasteiger partial charge in [0.05, 0.1) is 12.5 Å². The first-order valence-corrected chi connectivity index (χ1v) is 4.45. The van der Waals surface area contributed by atoms with Crippen molar-refractivity contribution < 1.29 is 9.53 Å². The van der Waals surface area contributed by atoms with Crippen LogP contribution in [0.4, 0.5) is 0 Å². The number of ether oxygens (including phenoxy) is 1. The van der Waals surface area contributed by atoms with Gasteiger partial charge in [-0.1, -0.05) is 6.92 Å². The Bertz CT molecular complexity index is 174. The standard InChI is InChI=1S/C9H14O2/c1-6-2-3-7-4-5-11-9(10)8(6)7/h6-8H,2-5H2,1H3/t6-,7+,8-/m0/s1. The number of hydrogen-bond donors (Lipinski definition) is 0. The molecule has 0 bridgehead atoms. The zero-order valence-electron chi connectivity index (χ0n) is 6.88. The van der Waals surface area contributed by atoms with E-state index in [-0.39, 0.29) is 11.9 Å². The van der Waals surface area contributed by atoms with Crippen LogP contribution in [-0.2, 0) is 9.53 Å². The van der Waals surface area contributed by atoms with Gasteiger partial charge in [-0.3, -0.25) is 4.79 Å². The first-order valence-electron chi connectivity index (χ1n) is 4.45. The molecule has 0 aromatic heterocycles. The van der Waals surface area contributed by atoms with Crippen LogP contribution in [0.3, 0.4) is 0 Å². The summed E-state index contributed by atoms with van der Waals surface area (Å²) in [6.45, 7) is 2.82. The van der Waals surface area contributed by atoms with Crippen LogP contribution in [0.1, 0.15) is 26.2 Å². The molecule has 1 heterocycles. The lowest BCUT2D eigenvalue weighted by molar-refractivity contribution is -0.156. The molecule has 62 valence electrons. The SMILES string of the molecule is C[C@H]1CC[C@@H]2CCOC(=O)[C@H]21. The first-order chi connectivity index (χ1) is 5.29. The van der Waals surface area contributed by atoms with Crippen LogP contribution in [0.5, 0.6) is 0 Å². The minimum absolute atomic E-state index is 0.0613. The van der Waals surface area contributed by atoms with Crippen LogP contribution in [0.2, 0.25) is 0 Å². The lowest BCUT2D eigenvalue weighted by atomic mass is 9.87. The number of carbonyl (C=O) groups is 1.